The first kappa shape index (κ1) is 11.1. The Morgan fingerprint density at radius 2 is 2.26 bits per heavy atom. The second kappa shape index (κ2) is 4.42. The Balaban J connectivity index is 1.78. The smallest absolute Gasteiger partial charge is 0.160 e. The van der Waals surface area contributed by atoms with Gasteiger partial charge in [-0.3, -0.25) is 4.98 Å². The number of fused-ring (bicyclic) bond motifs is 1. The summed E-state index contributed by atoms with van der Waals surface area (Å²) in [6.45, 7) is 1.03. The number of furan rings is 1. The molecule has 0 bridgehead atoms. The van der Waals surface area contributed by atoms with Crippen molar-refractivity contribution in [3.8, 4) is 0 Å². The van der Waals surface area contributed by atoms with Crippen molar-refractivity contribution in [1.82, 2.24) is 9.88 Å². The lowest BCUT2D eigenvalue weighted by Crippen LogP contribution is -2.27. The fourth-order valence-corrected chi connectivity index (χ4v) is 3.72. The molecule has 5 heteroatoms. The van der Waals surface area contributed by atoms with E-state index in [-0.39, 0.29) is 12.1 Å². The van der Waals surface area contributed by atoms with Gasteiger partial charge in [0.1, 0.15) is 17.8 Å². The van der Waals surface area contributed by atoms with Crippen molar-refractivity contribution in [1.29, 1.82) is 0 Å². The predicted octanol–water partition coefficient (Wildman–Crippen LogP) is 2.88. The molecule has 19 heavy (non-hydrogen) atoms. The van der Waals surface area contributed by atoms with Crippen LogP contribution in [0, 0.1) is 0 Å². The molecule has 2 aromatic heterocycles. The molecule has 0 saturated carbocycles. The summed E-state index contributed by atoms with van der Waals surface area (Å²) in [7, 11) is 0. The van der Waals surface area contributed by atoms with Gasteiger partial charge in [-0.15, -0.1) is 0 Å². The number of aromatic nitrogens is 1. The summed E-state index contributed by atoms with van der Waals surface area (Å²) in [6.07, 6.45) is 3.55. The fraction of sp³-hybridized carbons (Fsp3) is 0.286. The number of thioether (sulfide) groups is 1. The molecular formula is C14H13N3OS. The average Bonchev–Trinajstić information content (AvgIpc) is 3.15. The number of hydrogen-bond donors (Lipinski definition) is 0. The summed E-state index contributed by atoms with van der Waals surface area (Å²) in [5.74, 6) is 2.07. The number of hydrogen-bond acceptors (Lipinski definition) is 5. The Hall–Kier alpha value is -1.75. The second-order valence-corrected chi connectivity index (χ2v) is 5.68. The van der Waals surface area contributed by atoms with Gasteiger partial charge in [0.15, 0.2) is 5.17 Å². The van der Waals surface area contributed by atoms with E-state index in [0.717, 1.165) is 28.9 Å². The van der Waals surface area contributed by atoms with Crippen LogP contribution in [0.1, 0.15) is 23.5 Å². The lowest BCUT2D eigenvalue weighted by atomic mass is 10.0. The van der Waals surface area contributed by atoms with Gasteiger partial charge < -0.3 is 9.32 Å². The van der Waals surface area contributed by atoms with Crippen molar-refractivity contribution >= 4 is 16.9 Å². The molecule has 0 radical (unpaired) electrons. The third-order valence-corrected chi connectivity index (χ3v) is 4.50. The Morgan fingerprint density at radius 1 is 1.26 bits per heavy atom. The molecule has 0 amide bonds. The largest absolute Gasteiger partial charge is 0.467 e. The molecule has 4 rings (SSSR count). The van der Waals surface area contributed by atoms with E-state index in [1.165, 1.54) is 0 Å². The molecule has 2 aliphatic rings. The van der Waals surface area contributed by atoms with E-state index in [0.29, 0.717) is 0 Å². The van der Waals surface area contributed by atoms with Gasteiger partial charge in [-0.2, -0.15) is 0 Å². The summed E-state index contributed by atoms with van der Waals surface area (Å²) in [5.41, 5.74) is 1.01. The maximum Gasteiger partial charge on any atom is 0.160 e. The quantitative estimate of drug-likeness (QED) is 0.842. The van der Waals surface area contributed by atoms with Crippen LogP contribution in [0.25, 0.3) is 0 Å². The lowest BCUT2D eigenvalue weighted by molar-refractivity contribution is 0.282. The van der Waals surface area contributed by atoms with E-state index in [1.807, 2.05) is 48.3 Å². The van der Waals surface area contributed by atoms with Gasteiger partial charge in [0, 0.05) is 18.5 Å². The van der Waals surface area contributed by atoms with Crippen LogP contribution >= 0.6 is 11.8 Å². The zero-order chi connectivity index (χ0) is 12.7. The maximum absolute atomic E-state index is 5.63. The van der Waals surface area contributed by atoms with Gasteiger partial charge >= 0.3 is 0 Å². The van der Waals surface area contributed by atoms with E-state index in [4.69, 9.17) is 9.41 Å². The van der Waals surface area contributed by atoms with Crippen LogP contribution < -0.4 is 0 Å². The monoisotopic (exact) mass is 271 g/mol. The van der Waals surface area contributed by atoms with Crippen molar-refractivity contribution in [3.05, 3.63) is 54.2 Å². The molecule has 2 atom stereocenters. The SMILES string of the molecule is c1ccc([C@H]2N=C3SCCN3[C@H]2c2ccco2)nc1. The van der Waals surface area contributed by atoms with Gasteiger partial charge in [0.25, 0.3) is 0 Å². The standard InChI is InChI=1S/C14H13N3OS/c1-2-6-15-10(4-1)12-13(11-5-3-8-18-11)17-7-9-19-14(17)16-12/h1-6,8,12-13H,7,9H2/t12-,13+/m1/s1. The Morgan fingerprint density at radius 3 is 3.05 bits per heavy atom. The topological polar surface area (TPSA) is 41.6 Å². The highest BCUT2D eigenvalue weighted by atomic mass is 32.2. The van der Waals surface area contributed by atoms with Crippen LogP contribution in [-0.2, 0) is 0 Å². The van der Waals surface area contributed by atoms with Crippen molar-refractivity contribution in [3.63, 3.8) is 0 Å². The highest BCUT2D eigenvalue weighted by Crippen LogP contribution is 2.45. The van der Waals surface area contributed by atoms with E-state index >= 15 is 0 Å². The molecule has 2 aromatic rings. The molecule has 0 aromatic carbocycles. The first-order valence-corrected chi connectivity index (χ1v) is 7.33. The first-order chi connectivity index (χ1) is 9.43. The average molecular weight is 271 g/mol. The number of nitrogens with zero attached hydrogens (tertiary/aromatic N) is 3. The zero-order valence-corrected chi connectivity index (χ0v) is 11.1. The molecule has 4 nitrogen and oxygen atoms in total. The molecule has 4 heterocycles. The van der Waals surface area contributed by atoms with Crippen LogP contribution in [0.15, 0.2) is 52.2 Å². The molecule has 1 fully saturated rings. The molecular weight excluding hydrogens is 258 g/mol. The minimum Gasteiger partial charge on any atom is -0.467 e. The summed E-state index contributed by atoms with van der Waals surface area (Å²) < 4.78 is 5.63. The Kier molecular flexibility index (Phi) is 2.58. The van der Waals surface area contributed by atoms with E-state index in [1.54, 1.807) is 6.26 Å². The molecule has 0 N–H and O–H groups in total. The number of aliphatic imine (C=N–C) groups is 1. The van der Waals surface area contributed by atoms with Gasteiger partial charge in [0.2, 0.25) is 0 Å². The van der Waals surface area contributed by atoms with Crippen LogP contribution in [0.5, 0.6) is 0 Å². The summed E-state index contributed by atoms with van der Waals surface area (Å²) in [6, 6.07) is 10.1. The number of rotatable bonds is 2. The predicted molar refractivity (Wildman–Crippen MR) is 75.0 cm³/mol. The van der Waals surface area contributed by atoms with Crippen molar-refractivity contribution in [2.75, 3.05) is 12.3 Å². The zero-order valence-electron chi connectivity index (χ0n) is 10.3. The van der Waals surface area contributed by atoms with Gasteiger partial charge in [-0.1, -0.05) is 17.8 Å². The minimum atomic E-state index is 0.0372. The Bertz CT molecular complexity index is 596. The van der Waals surface area contributed by atoms with Crippen molar-refractivity contribution in [2.45, 2.75) is 12.1 Å². The lowest BCUT2D eigenvalue weighted by Gasteiger charge is -2.24. The normalized spacial score (nSPS) is 25.5. The first-order valence-electron chi connectivity index (χ1n) is 6.35. The molecule has 0 aliphatic carbocycles. The van der Waals surface area contributed by atoms with Crippen LogP contribution in [-0.4, -0.2) is 27.3 Å². The van der Waals surface area contributed by atoms with Crippen LogP contribution in [0.2, 0.25) is 0 Å². The molecule has 0 unspecified atom stereocenters. The van der Waals surface area contributed by atoms with Crippen LogP contribution in [0.4, 0.5) is 0 Å². The van der Waals surface area contributed by atoms with Gasteiger partial charge in [-0.25, -0.2) is 4.99 Å². The molecule has 2 aliphatic heterocycles. The Labute approximate surface area is 115 Å². The summed E-state index contributed by atoms with van der Waals surface area (Å²) in [4.78, 5) is 11.6. The molecule has 96 valence electrons. The van der Waals surface area contributed by atoms with E-state index in [2.05, 4.69) is 9.88 Å². The maximum atomic E-state index is 5.63. The minimum absolute atomic E-state index is 0.0372. The molecule has 0 spiro atoms. The summed E-state index contributed by atoms with van der Waals surface area (Å²) in [5, 5.41) is 1.12. The highest BCUT2D eigenvalue weighted by molar-refractivity contribution is 8.14. The van der Waals surface area contributed by atoms with Crippen molar-refractivity contribution in [2.24, 2.45) is 4.99 Å². The highest BCUT2D eigenvalue weighted by Gasteiger charge is 2.42. The fourth-order valence-electron chi connectivity index (χ4n) is 2.69. The van der Waals surface area contributed by atoms with Gasteiger partial charge in [-0.05, 0) is 24.3 Å². The van der Waals surface area contributed by atoms with E-state index in [9.17, 15) is 0 Å². The second-order valence-electron chi connectivity index (χ2n) is 4.61. The van der Waals surface area contributed by atoms with Gasteiger partial charge in [0.05, 0.1) is 12.0 Å². The van der Waals surface area contributed by atoms with Crippen LogP contribution in [0.3, 0.4) is 0 Å². The number of pyridine rings is 1. The molecule has 1 saturated heterocycles. The third-order valence-electron chi connectivity index (χ3n) is 3.52. The van der Waals surface area contributed by atoms with Crippen molar-refractivity contribution < 1.29 is 4.42 Å². The number of amidine groups is 1. The third kappa shape index (κ3) is 1.76. The summed E-state index contributed by atoms with van der Waals surface area (Å²) >= 11 is 1.82. The van der Waals surface area contributed by atoms with E-state index < -0.39 is 0 Å².